The molecule has 0 fully saturated rings. The van der Waals surface area contributed by atoms with Crippen LogP contribution >= 0.6 is 0 Å². The average molecular weight is 378 g/mol. The third kappa shape index (κ3) is 5.53. The molecular weight excluding hydrogens is 348 g/mol. The van der Waals surface area contributed by atoms with Gasteiger partial charge in [0.25, 0.3) is 0 Å². The molecule has 1 heterocycles. The average Bonchev–Trinajstić information content (AvgIpc) is 3.05. The molecule has 0 aromatic heterocycles. The number of carboxylic acids is 1. The van der Waals surface area contributed by atoms with Crippen LogP contribution in [0.5, 0.6) is 0 Å². The fourth-order valence-corrected chi connectivity index (χ4v) is 3.46. The predicted molar refractivity (Wildman–Crippen MR) is 101 cm³/mol. The van der Waals surface area contributed by atoms with Crippen LogP contribution in [-0.4, -0.2) is 44.9 Å². The molecule has 0 saturated heterocycles. The van der Waals surface area contributed by atoms with Gasteiger partial charge in [-0.2, -0.15) is 0 Å². The Balaban J connectivity index is 1.84. The Morgan fingerprint density at radius 1 is 1.30 bits per heavy atom. The van der Waals surface area contributed by atoms with Crippen molar-refractivity contribution < 1.29 is 29.6 Å². The van der Waals surface area contributed by atoms with Gasteiger partial charge in [-0.25, -0.2) is 4.79 Å². The zero-order valence-corrected chi connectivity index (χ0v) is 16.3. The zero-order valence-electron chi connectivity index (χ0n) is 16.3. The topological polar surface area (TPSA) is 104 Å². The molecule has 0 saturated carbocycles. The van der Waals surface area contributed by atoms with E-state index in [1.807, 2.05) is 13.0 Å². The largest absolute Gasteiger partial charge is 0.488 e. The van der Waals surface area contributed by atoms with Crippen molar-refractivity contribution in [3.05, 3.63) is 34.6 Å². The first-order valence-corrected chi connectivity index (χ1v) is 9.51. The van der Waals surface area contributed by atoms with Crippen molar-refractivity contribution in [3.8, 4) is 0 Å². The van der Waals surface area contributed by atoms with Crippen molar-refractivity contribution in [3.63, 3.8) is 0 Å². The normalized spacial score (nSPS) is 25.9. The number of carboxylic acid groups (broad SMARTS) is 1. The zero-order chi connectivity index (χ0) is 20.2. The molecular formula is C21H30O6. The first kappa shape index (κ1) is 21.4. The molecule has 0 aromatic rings. The summed E-state index contributed by atoms with van der Waals surface area (Å²) in [5, 5.41) is 29.7. The van der Waals surface area contributed by atoms with Gasteiger partial charge in [0, 0.05) is 24.0 Å². The van der Waals surface area contributed by atoms with Gasteiger partial charge in [-0.15, -0.1) is 0 Å². The Morgan fingerprint density at radius 2 is 2.00 bits per heavy atom. The Labute approximate surface area is 160 Å². The molecule has 3 atom stereocenters. The van der Waals surface area contributed by atoms with Crippen LogP contribution in [-0.2, 0) is 14.3 Å². The lowest BCUT2D eigenvalue weighted by Gasteiger charge is -2.30. The molecule has 0 amide bonds. The minimum absolute atomic E-state index is 0.00838. The number of hydrogen-bond donors (Lipinski definition) is 3. The molecule has 6 heteroatoms. The summed E-state index contributed by atoms with van der Waals surface area (Å²) in [6.07, 6.45) is 6.10. The number of ketones is 1. The van der Waals surface area contributed by atoms with E-state index in [1.165, 1.54) is 0 Å². The van der Waals surface area contributed by atoms with Crippen molar-refractivity contribution in [2.75, 3.05) is 0 Å². The van der Waals surface area contributed by atoms with Crippen LogP contribution in [0.1, 0.15) is 65.7 Å². The highest BCUT2D eigenvalue weighted by Crippen LogP contribution is 2.39. The van der Waals surface area contributed by atoms with Gasteiger partial charge in [-0.05, 0) is 52.9 Å². The van der Waals surface area contributed by atoms with Gasteiger partial charge in [0.15, 0.2) is 5.78 Å². The van der Waals surface area contributed by atoms with Crippen LogP contribution in [0.25, 0.3) is 0 Å². The highest BCUT2D eigenvalue weighted by molar-refractivity contribution is 5.97. The molecule has 27 heavy (non-hydrogen) atoms. The van der Waals surface area contributed by atoms with Crippen molar-refractivity contribution in [1.82, 2.24) is 0 Å². The molecule has 0 bridgehead atoms. The second-order valence-electron chi connectivity index (χ2n) is 7.81. The van der Waals surface area contributed by atoms with E-state index in [-0.39, 0.29) is 5.78 Å². The highest BCUT2D eigenvalue weighted by atomic mass is 16.5. The molecule has 3 N–H and O–H groups in total. The van der Waals surface area contributed by atoms with Gasteiger partial charge >= 0.3 is 5.97 Å². The van der Waals surface area contributed by atoms with E-state index in [2.05, 4.69) is 0 Å². The third-order valence-corrected chi connectivity index (χ3v) is 5.40. The Morgan fingerprint density at radius 3 is 2.63 bits per heavy atom. The smallest absolute Gasteiger partial charge is 0.330 e. The van der Waals surface area contributed by atoms with Crippen molar-refractivity contribution in [1.29, 1.82) is 0 Å². The monoisotopic (exact) mass is 378 g/mol. The molecule has 1 aliphatic carbocycles. The SMILES string of the molecule is C/C(=C\CCC(C)(O)[C@@H]1CC2=C(O1)[C@H](O)CCC2=O)CC/C=C(\C)C(=O)O. The molecule has 2 aliphatic rings. The number of carbonyl (C=O) groups excluding carboxylic acids is 1. The van der Waals surface area contributed by atoms with E-state index in [4.69, 9.17) is 9.84 Å². The number of hydrogen-bond acceptors (Lipinski definition) is 5. The number of ether oxygens (including phenoxy) is 1. The van der Waals surface area contributed by atoms with Crippen LogP contribution in [0.3, 0.4) is 0 Å². The number of rotatable bonds is 8. The quantitative estimate of drug-likeness (QED) is 0.443. The molecule has 2 rings (SSSR count). The van der Waals surface area contributed by atoms with E-state index < -0.39 is 23.8 Å². The number of aliphatic carboxylic acids is 1. The molecule has 1 aliphatic heterocycles. The molecule has 1 unspecified atom stereocenters. The Bertz CT molecular complexity index is 683. The molecule has 0 radical (unpaired) electrons. The summed E-state index contributed by atoms with van der Waals surface area (Å²) in [5.41, 5.74) is 0.910. The standard InChI is InChI=1S/C21H30O6/c1-13(6-4-8-14(2)20(24)25)7-5-11-21(3,26)18-12-15-16(22)9-10-17(23)19(15)27-18/h7-8,17-18,23,26H,4-6,9-12H2,1-3H3,(H,24,25)/b13-7+,14-8+/t17-,18+,21?/m1/s1. The number of aliphatic hydroxyl groups is 2. The maximum atomic E-state index is 12.0. The first-order chi connectivity index (χ1) is 12.6. The second kappa shape index (κ2) is 8.85. The maximum absolute atomic E-state index is 12.0. The number of aliphatic hydroxyl groups excluding tert-OH is 1. The summed E-state index contributed by atoms with van der Waals surface area (Å²) in [6.45, 7) is 5.27. The number of carbonyl (C=O) groups is 2. The first-order valence-electron chi connectivity index (χ1n) is 9.51. The van der Waals surface area contributed by atoms with Gasteiger partial charge in [0.2, 0.25) is 0 Å². The van der Waals surface area contributed by atoms with Crippen molar-refractivity contribution in [2.45, 2.75) is 83.5 Å². The lowest BCUT2D eigenvalue weighted by molar-refractivity contribution is -0.132. The minimum Gasteiger partial charge on any atom is -0.488 e. The van der Waals surface area contributed by atoms with Crippen LogP contribution in [0.2, 0.25) is 0 Å². The van der Waals surface area contributed by atoms with Gasteiger partial charge in [-0.1, -0.05) is 17.7 Å². The number of allylic oxidation sites excluding steroid dienone is 3. The van der Waals surface area contributed by atoms with E-state index in [0.717, 1.165) is 12.0 Å². The number of Topliss-reactive ketones (excluding diaryl/α,β-unsaturated/α-hetero) is 1. The lowest BCUT2D eigenvalue weighted by atomic mass is 9.87. The lowest BCUT2D eigenvalue weighted by Crippen LogP contribution is -2.39. The van der Waals surface area contributed by atoms with E-state index in [1.54, 1.807) is 19.9 Å². The van der Waals surface area contributed by atoms with Crippen molar-refractivity contribution in [2.24, 2.45) is 0 Å². The summed E-state index contributed by atoms with van der Waals surface area (Å²) in [6, 6.07) is 0. The summed E-state index contributed by atoms with van der Waals surface area (Å²) in [7, 11) is 0. The molecule has 150 valence electrons. The van der Waals surface area contributed by atoms with Crippen LogP contribution < -0.4 is 0 Å². The van der Waals surface area contributed by atoms with Gasteiger partial charge in [0.1, 0.15) is 18.0 Å². The Kier molecular flexibility index (Phi) is 7.00. The van der Waals surface area contributed by atoms with E-state index in [9.17, 15) is 19.8 Å². The van der Waals surface area contributed by atoms with Gasteiger partial charge in [0.05, 0.1) is 5.60 Å². The second-order valence-corrected chi connectivity index (χ2v) is 7.81. The summed E-state index contributed by atoms with van der Waals surface area (Å²) in [4.78, 5) is 22.8. The predicted octanol–water partition coefficient (Wildman–Crippen LogP) is 3.04. The highest BCUT2D eigenvalue weighted by Gasteiger charge is 2.44. The summed E-state index contributed by atoms with van der Waals surface area (Å²) < 4.78 is 5.76. The third-order valence-electron chi connectivity index (χ3n) is 5.40. The minimum atomic E-state index is -1.10. The Hall–Kier alpha value is -1.92. The molecule has 0 aromatic carbocycles. The van der Waals surface area contributed by atoms with Crippen molar-refractivity contribution >= 4 is 11.8 Å². The summed E-state index contributed by atoms with van der Waals surface area (Å²) in [5.74, 6) is -0.540. The molecule has 0 spiro atoms. The van der Waals surface area contributed by atoms with E-state index >= 15 is 0 Å². The van der Waals surface area contributed by atoms with E-state index in [0.29, 0.717) is 55.4 Å². The maximum Gasteiger partial charge on any atom is 0.330 e. The molecule has 6 nitrogen and oxygen atoms in total. The van der Waals surface area contributed by atoms with Crippen LogP contribution in [0.4, 0.5) is 0 Å². The summed E-state index contributed by atoms with van der Waals surface area (Å²) >= 11 is 0. The van der Waals surface area contributed by atoms with Crippen LogP contribution in [0.15, 0.2) is 34.6 Å². The van der Waals surface area contributed by atoms with Gasteiger partial charge in [-0.3, -0.25) is 4.79 Å². The van der Waals surface area contributed by atoms with Gasteiger partial charge < -0.3 is 20.1 Å². The fourth-order valence-electron chi connectivity index (χ4n) is 3.46. The van der Waals surface area contributed by atoms with Crippen LogP contribution in [0, 0.1) is 0 Å². The fraction of sp³-hybridized carbons (Fsp3) is 0.619.